The maximum absolute atomic E-state index is 12.3. The lowest BCUT2D eigenvalue weighted by molar-refractivity contribution is -0.117. The summed E-state index contributed by atoms with van der Waals surface area (Å²) in [5.41, 5.74) is 2.74. The van der Waals surface area contributed by atoms with Crippen molar-refractivity contribution in [3.8, 4) is 0 Å². The van der Waals surface area contributed by atoms with E-state index in [2.05, 4.69) is 5.32 Å². The number of hydrogen-bond donors (Lipinski definition) is 1. The molecule has 4 nitrogen and oxygen atoms in total. The van der Waals surface area contributed by atoms with Crippen LogP contribution in [0, 0.1) is 11.8 Å². The van der Waals surface area contributed by atoms with E-state index >= 15 is 0 Å². The summed E-state index contributed by atoms with van der Waals surface area (Å²) in [4.78, 5) is 26.4. The van der Waals surface area contributed by atoms with Gasteiger partial charge in [-0.25, -0.2) is 0 Å². The number of amides is 1. The Bertz CT molecular complexity index is 589. The number of carbonyl (C=O) groups is 2. The largest absolute Gasteiger partial charge is 0.317 e. The molecule has 0 aromatic heterocycles. The molecule has 0 saturated carbocycles. The lowest BCUT2D eigenvalue weighted by Gasteiger charge is -2.28. The third-order valence-electron chi connectivity index (χ3n) is 4.72. The first-order valence-electron chi connectivity index (χ1n) is 8.24. The summed E-state index contributed by atoms with van der Waals surface area (Å²) in [6, 6.07) is 5.74. The van der Waals surface area contributed by atoms with Gasteiger partial charge >= 0.3 is 0 Å². The molecule has 118 valence electrons. The topological polar surface area (TPSA) is 49.4 Å². The average molecular weight is 300 g/mol. The van der Waals surface area contributed by atoms with E-state index in [-0.39, 0.29) is 17.6 Å². The second kappa shape index (κ2) is 6.21. The van der Waals surface area contributed by atoms with E-state index in [1.165, 1.54) is 0 Å². The Hall–Kier alpha value is -1.68. The van der Waals surface area contributed by atoms with E-state index in [0.717, 1.165) is 49.3 Å². The van der Waals surface area contributed by atoms with Crippen LogP contribution in [0.1, 0.15) is 42.6 Å². The Morgan fingerprint density at radius 1 is 1.32 bits per heavy atom. The number of fused-ring (bicyclic) bond motifs is 1. The molecule has 0 radical (unpaired) electrons. The SMILES string of the molecule is CC(C)C(=O)c1ccc2c(c1)CC(=O)N2CC1CCNCC1. The van der Waals surface area contributed by atoms with Gasteiger partial charge < -0.3 is 10.2 Å². The van der Waals surface area contributed by atoms with Gasteiger partial charge in [-0.05, 0) is 55.6 Å². The smallest absolute Gasteiger partial charge is 0.231 e. The van der Waals surface area contributed by atoms with Gasteiger partial charge in [0.15, 0.2) is 5.78 Å². The summed E-state index contributed by atoms with van der Waals surface area (Å²) in [5.74, 6) is 0.879. The molecule has 4 heteroatoms. The van der Waals surface area contributed by atoms with E-state index < -0.39 is 0 Å². The van der Waals surface area contributed by atoms with Gasteiger partial charge in [0.2, 0.25) is 5.91 Å². The number of Topliss-reactive ketones (excluding diaryl/α,β-unsaturated/α-hetero) is 1. The summed E-state index contributed by atoms with van der Waals surface area (Å²) in [7, 11) is 0. The minimum absolute atomic E-state index is 0.0130. The van der Waals surface area contributed by atoms with Crippen LogP contribution in [-0.4, -0.2) is 31.3 Å². The van der Waals surface area contributed by atoms with Crippen molar-refractivity contribution in [3.05, 3.63) is 29.3 Å². The normalized spacial score (nSPS) is 18.9. The first-order valence-corrected chi connectivity index (χ1v) is 8.24. The van der Waals surface area contributed by atoms with E-state index in [0.29, 0.717) is 12.3 Å². The molecule has 2 heterocycles. The van der Waals surface area contributed by atoms with E-state index in [4.69, 9.17) is 0 Å². The van der Waals surface area contributed by atoms with E-state index in [1.807, 2.05) is 36.9 Å². The number of rotatable bonds is 4. The van der Waals surface area contributed by atoms with Gasteiger partial charge in [-0.3, -0.25) is 9.59 Å². The molecule has 0 atom stereocenters. The summed E-state index contributed by atoms with van der Waals surface area (Å²) < 4.78 is 0. The molecule has 0 spiro atoms. The minimum atomic E-state index is -0.0130. The lowest BCUT2D eigenvalue weighted by atomic mass is 9.97. The van der Waals surface area contributed by atoms with Crippen LogP contribution in [0.15, 0.2) is 18.2 Å². The van der Waals surface area contributed by atoms with Gasteiger partial charge in [0.1, 0.15) is 0 Å². The third kappa shape index (κ3) is 2.93. The zero-order chi connectivity index (χ0) is 15.7. The van der Waals surface area contributed by atoms with Gasteiger partial charge in [-0.1, -0.05) is 13.8 Å². The maximum Gasteiger partial charge on any atom is 0.231 e. The van der Waals surface area contributed by atoms with E-state index in [9.17, 15) is 9.59 Å². The monoisotopic (exact) mass is 300 g/mol. The van der Waals surface area contributed by atoms with Crippen molar-refractivity contribution in [2.45, 2.75) is 33.1 Å². The van der Waals surface area contributed by atoms with Crippen molar-refractivity contribution in [3.63, 3.8) is 0 Å². The number of nitrogens with one attached hydrogen (secondary N) is 1. The van der Waals surface area contributed by atoms with Crippen molar-refractivity contribution >= 4 is 17.4 Å². The zero-order valence-corrected chi connectivity index (χ0v) is 13.4. The summed E-state index contributed by atoms with van der Waals surface area (Å²) in [6.07, 6.45) is 2.69. The predicted octanol–water partition coefficient (Wildman–Crippen LogP) is 2.41. The molecule has 1 fully saturated rings. The standard InChI is InChI=1S/C18H24N2O2/c1-12(2)18(22)14-3-4-16-15(9-14)10-17(21)20(16)11-13-5-7-19-8-6-13/h3-4,9,12-13,19H,5-8,10-11H2,1-2H3. The first-order chi connectivity index (χ1) is 10.6. The zero-order valence-electron chi connectivity index (χ0n) is 13.4. The van der Waals surface area contributed by atoms with Crippen LogP contribution < -0.4 is 10.2 Å². The highest BCUT2D eigenvalue weighted by atomic mass is 16.2. The fourth-order valence-corrected chi connectivity index (χ4v) is 3.39. The summed E-state index contributed by atoms with van der Waals surface area (Å²) in [6.45, 7) is 6.71. The van der Waals surface area contributed by atoms with Crippen LogP contribution in [0.4, 0.5) is 5.69 Å². The Balaban J connectivity index is 1.79. The molecule has 1 amide bonds. The highest BCUT2D eigenvalue weighted by Gasteiger charge is 2.30. The number of piperidine rings is 1. The van der Waals surface area contributed by atoms with Crippen molar-refractivity contribution in [2.75, 3.05) is 24.5 Å². The summed E-state index contributed by atoms with van der Waals surface area (Å²) >= 11 is 0. The van der Waals surface area contributed by atoms with Gasteiger partial charge in [0, 0.05) is 23.7 Å². The quantitative estimate of drug-likeness (QED) is 0.869. The highest BCUT2D eigenvalue weighted by Crippen LogP contribution is 2.32. The number of hydrogen-bond acceptors (Lipinski definition) is 3. The molecule has 22 heavy (non-hydrogen) atoms. The van der Waals surface area contributed by atoms with Crippen LogP contribution >= 0.6 is 0 Å². The summed E-state index contributed by atoms with van der Waals surface area (Å²) in [5, 5.41) is 3.36. The number of benzene rings is 1. The lowest BCUT2D eigenvalue weighted by Crippen LogP contribution is -2.37. The molecule has 1 N–H and O–H groups in total. The third-order valence-corrected chi connectivity index (χ3v) is 4.72. The molecule has 1 aromatic rings. The molecule has 0 bridgehead atoms. The fraction of sp³-hybridized carbons (Fsp3) is 0.556. The van der Waals surface area contributed by atoms with Gasteiger partial charge in [0.05, 0.1) is 6.42 Å². The Labute approximate surface area is 131 Å². The number of ketones is 1. The maximum atomic E-state index is 12.3. The van der Waals surface area contributed by atoms with Crippen molar-refractivity contribution in [2.24, 2.45) is 11.8 Å². The molecule has 0 aliphatic carbocycles. The molecule has 2 aliphatic rings. The van der Waals surface area contributed by atoms with E-state index in [1.54, 1.807) is 0 Å². The molecule has 3 rings (SSSR count). The highest BCUT2D eigenvalue weighted by molar-refractivity contribution is 6.04. The van der Waals surface area contributed by atoms with Crippen molar-refractivity contribution < 1.29 is 9.59 Å². The molecule has 0 unspecified atom stereocenters. The van der Waals surface area contributed by atoms with Crippen LogP contribution in [0.25, 0.3) is 0 Å². The van der Waals surface area contributed by atoms with Crippen molar-refractivity contribution in [1.82, 2.24) is 5.32 Å². The Morgan fingerprint density at radius 3 is 2.73 bits per heavy atom. The van der Waals surface area contributed by atoms with Gasteiger partial charge in [-0.2, -0.15) is 0 Å². The second-order valence-corrected chi connectivity index (χ2v) is 6.74. The number of carbonyl (C=O) groups excluding carboxylic acids is 2. The van der Waals surface area contributed by atoms with Gasteiger partial charge in [0.25, 0.3) is 0 Å². The number of anilines is 1. The van der Waals surface area contributed by atoms with Crippen molar-refractivity contribution in [1.29, 1.82) is 0 Å². The van der Waals surface area contributed by atoms with Gasteiger partial charge in [-0.15, -0.1) is 0 Å². The first kappa shape index (κ1) is 15.2. The molecule has 1 saturated heterocycles. The number of nitrogens with zero attached hydrogens (tertiary/aromatic N) is 1. The minimum Gasteiger partial charge on any atom is -0.317 e. The molecule has 1 aromatic carbocycles. The second-order valence-electron chi connectivity index (χ2n) is 6.74. The van der Waals surface area contributed by atoms with Crippen LogP contribution in [0.3, 0.4) is 0 Å². The van der Waals surface area contributed by atoms with Crippen LogP contribution in [0.2, 0.25) is 0 Å². The molecular formula is C18H24N2O2. The average Bonchev–Trinajstić information content (AvgIpc) is 2.82. The van der Waals surface area contributed by atoms with Crippen LogP contribution in [-0.2, 0) is 11.2 Å². The fourth-order valence-electron chi connectivity index (χ4n) is 3.39. The molecular weight excluding hydrogens is 276 g/mol. The Morgan fingerprint density at radius 2 is 2.05 bits per heavy atom. The molecule has 2 aliphatic heterocycles. The Kier molecular flexibility index (Phi) is 4.30. The van der Waals surface area contributed by atoms with Crippen LogP contribution in [0.5, 0.6) is 0 Å². The predicted molar refractivity (Wildman–Crippen MR) is 87.3 cm³/mol.